The fraction of sp³-hybridized carbons (Fsp3) is 0.875. The summed E-state index contributed by atoms with van der Waals surface area (Å²) >= 11 is 0. The first-order valence-electron chi connectivity index (χ1n) is 3.75. The average Bonchev–Trinajstić information content (AvgIpc) is 2.63. The maximum atomic E-state index is 11.2. The van der Waals surface area contributed by atoms with E-state index in [1.165, 1.54) is 7.11 Å². The van der Waals surface area contributed by atoms with Crippen LogP contribution in [0.1, 0.15) is 26.7 Å². The fourth-order valence-electron chi connectivity index (χ4n) is 1.39. The Balaban J connectivity index is 2.76. The predicted octanol–water partition coefficient (Wildman–Crippen LogP) is 0.710. The van der Waals surface area contributed by atoms with Gasteiger partial charge in [-0.1, -0.05) is 0 Å². The van der Waals surface area contributed by atoms with E-state index in [0.717, 1.165) is 12.8 Å². The van der Waals surface area contributed by atoms with E-state index in [1.54, 1.807) is 13.8 Å². The van der Waals surface area contributed by atoms with Gasteiger partial charge in [-0.15, -0.1) is 0 Å². The highest BCUT2D eigenvalue weighted by atomic mass is 16.5. The summed E-state index contributed by atoms with van der Waals surface area (Å²) in [6.07, 6.45) is 1.48. The predicted molar refractivity (Wildman–Crippen MR) is 40.0 cm³/mol. The van der Waals surface area contributed by atoms with E-state index < -0.39 is 11.0 Å². The van der Waals surface area contributed by atoms with Gasteiger partial charge in [-0.05, 0) is 26.7 Å². The molecule has 64 valence electrons. The maximum absolute atomic E-state index is 11.2. The Morgan fingerprint density at radius 1 is 1.55 bits per heavy atom. The van der Waals surface area contributed by atoms with Gasteiger partial charge in [0.2, 0.25) is 0 Å². The molecule has 0 radical (unpaired) electrons. The van der Waals surface area contributed by atoms with Gasteiger partial charge in [0.25, 0.3) is 0 Å². The standard InChI is InChI=1S/C8H14O3/c1-7(2,10)8(4-5-8)6(9)11-3/h10H,4-5H2,1-3H3. The summed E-state index contributed by atoms with van der Waals surface area (Å²) in [5.41, 5.74) is -1.55. The van der Waals surface area contributed by atoms with E-state index >= 15 is 0 Å². The average molecular weight is 158 g/mol. The van der Waals surface area contributed by atoms with E-state index in [4.69, 9.17) is 0 Å². The minimum atomic E-state index is -0.944. The molecule has 3 nitrogen and oxygen atoms in total. The third kappa shape index (κ3) is 1.13. The summed E-state index contributed by atoms with van der Waals surface area (Å²) in [7, 11) is 1.36. The van der Waals surface area contributed by atoms with Gasteiger partial charge in [0.05, 0.1) is 18.1 Å². The van der Waals surface area contributed by atoms with Crippen LogP contribution < -0.4 is 0 Å². The number of hydrogen-bond donors (Lipinski definition) is 1. The number of esters is 1. The van der Waals surface area contributed by atoms with Crippen molar-refractivity contribution in [3.05, 3.63) is 0 Å². The van der Waals surface area contributed by atoms with Crippen LogP contribution in [0.4, 0.5) is 0 Å². The molecule has 1 fully saturated rings. The highest BCUT2D eigenvalue weighted by Crippen LogP contribution is 2.54. The summed E-state index contributed by atoms with van der Waals surface area (Å²) in [5, 5.41) is 9.61. The molecule has 0 aliphatic heterocycles. The SMILES string of the molecule is COC(=O)C1(C(C)(C)O)CC1. The van der Waals surface area contributed by atoms with Crippen molar-refractivity contribution < 1.29 is 14.6 Å². The number of aliphatic hydroxyl groups is 1. The van der Waals surface area contributed by atoms with Crippen LogP contribution in [-0.2, 0) is 9.53 Å². The molecule has 0 aromatic heterocycles. The Kier molecular flexibility index (Phi) is 1.71. The van der Waals surface area contributed by atoms with Gasteiger partial charge in [-0.3, -0.25) is 4.79 Å². The van der Waals surface area contributed by atoms with Crippen LogP contribution in [0.25, 0.3) is 0 Å². The lowest BCUT2D eigenvalue weighted by Gasteiger charge is -2.26. The second-order valence-electron chi connectivity index (χ2n) is 3.63. The molecule has 0 aromatic rings. The molecule has 0 heterocycles. The van der Waals surface area contributed by atoms with E-state index in [2.05, 4.69) is 4.74 Å². The Morgan fingerprint density at radius 3 is 2.09 bits per heavy atom. The first kappa shape index (κ1) is 8.53. The number of carbonyl (C=O) groups excluding carboxylic acids is 1. The zero-order valence-electron chi connectivity index (χ0n) is 7.18. The smallest absolute Gasteiger partial charge is 0.314 e. The summed E-state index contributed by atoms with van der Waals surface area (Å²) in [5.74, 6) is -0.287. The van der Waals surface area contributed by atoms with Gasteiger partial charge in [0, 0.05) is 0 Å². The monoisotopic (exact) mass is 158 g/mol. The van der Waals surface area contributed by atoms with Crippen molar-refractivity contribution in [1.29, 1.82) is 0 Å². The van der Waals surface area contributed by atoms with Gasteiger partial charge >= 0.3 is 5.97 Å². The molecular formula is C8H14O3. The van der Waals surface area contributed by atoms with Crippen molar-refractivity contribution in [1.82, 2.24) is 0 Å². The molecule has 0 spiro atoms. The Labute approximate surface area is 66.4 Å². The summed E-state index contributed by atoms with van der Waals surface area (Å²) < 4.78 is 4.61. The molecule has 0 bridgehead atoms. The molecule has 1 aliphatic carbocycles. The highest BCUT2D eigenvalue weighted by Gasteiger charge is 2.60. The molecule has 0 aromatic carbocycles. The second-order valence-corrected chi connectivity index (χ2v) is 3.63. The lowest BCUT2D eigenvalue weighted by atomic mass is 9.88. The Bertz CT molecular complexity index is 174. The Hall–Kier alpha value is -0.570. The van der Waals surface area contributed by atoms with Crippen LogP contribution in [0, 0.1) is 5.41 Å². The maximum Gasteiger partial charge on any atom is 0.314 e. The molecule has 1 N–H and O–H groups in total. The normalized spacial score (nSPS) is 21.1. The quantitative estimate of drug-likeness (QED) is 0.602. The summed E-state index contributed by atoms with van der Waals surface area (Å²) in [4.78, 5) is 11.2. The van der Waals surface area contributed by atoms with E-state index in [-0.39, 0.29) is 5.97 Å². The van der Waals surface area contributed by atoms with E-state index in [9.17, 15) is 9.90 Å². The van der Waals surface area contributed by atoms with Crippen LogP contribution in [0.5, 0.6) is 0 Å². The molecule has 11 heavy (non-hydrogen) atoms. The number of methoxy groups -OCH3 is 1. The van der Waals surface area contributed by atoms with Crippen LogP contribution >= 0.6 is 0 Å². The molecule has 0 unspecified atom stereocenters. The minimum Gasteiger partial charge on any atom is -0.469 e. The van der Waals surface area contributed by atoms with Crippen molar-refractivity contribution in [3.8, 4) is 0 Å². The molecule has 1 saturated carbocycles. The zero-order chi connectivity index (χ0) is 8.70. The van der Waals surface area contributed by atoms with Crippen molar-refractivity contribution in [3.63, 3.8) is 0 Å². The van der Waals surface area contributed by atoms with Crippen molar-refractivity contribution >= 4 is 5.97 Å². The van der Waals surface area contributed by atoms with Gasteiger partial charge in [0.1, 0.15) is 0 Å². The van der Waals surface area contributed by atoms with Gasteiger partial charge < -0.3 is 9.84 Å². The fourth-order valence-corrected chi connectivity index (χ4v) is 1.39. The van der Waals surface area contributed by atoms with Crippen LogP contribution in [-0.4, -0.2) is 23.8 Å². The highest BCUT2D eigenvalue weighted by molar-refractivity contribution is 5.81. The zero-order valence-corrected chi connectivity index (χ0v) is 7.18. The molecule has 0 atom stereocenters. The largest absolute Gasteiger partial charge is 0.469 e. The second kappa shape index (κ2) is 2.21. The van der Waals surface area contributed by atoms with Crippen LogP contribution in [0.2, 0.25) is 0 Å². The third-order valence-electron chi connectivity index (χ3n) is 2.50. The van der Waals surface area contributed by atoms with E-state index in [0.29, 0.717) is 0 Å². The van der Waals surface area contributed by atoms with Crippen molar-refractivity contribution in [2.45, 2.75) is 32.3 Å². The van der Waals surface area contributed by atoms with E-state index in [1.807, 2.05) is 0 Å². The Morgan fingerprint density at radius 2 is 2.00 bits per heavy atom. The number of hydrogen-bond acceptors (Lipinski definition) is 3. The van der Waals surface area contributed by atoms with Crippen LogP contribution in [0.15, 0.2) is 0 Å². The summed E-state index contributed by atoms with van der Waals surface area (Å²) in [6, 6.07) is 0. The number of rotatable bonds is 2. The summed E-state index contributed by atoms with van der Waals surface area (Å²) in [6.45, 7) is 3.30. The number of carbonyl (C=O) groups is 1. The molecule has 0 amide bonds. The lowest BCUT2D eigenvalue weighted by Crippen LogP contribution is -2.39. The molecule has 1 aliphatic rings. The van der Waals surface area contributed by atoms with Crippen LogP contribution in [0.3, 0.4) is 0 Å². The molecular weight excluding hydrogens is 144 g/mol. The number of ether oxygens (including phenoxy) is 1. The first-order chi connectivity index (χ1) is 4.94. The topological polar surface area (TPSA) is 46.5 Å². The lowest BCUT2D eigenvalue weighted by molar-refractivity contribution is -0.156. The third-order valence-corrected chi connectivity index (χ3v) is 2.50. The first-order valence-corrected chi connectivity index (χ1v) is 3.75. The van der Waals surface area contributed by atoms with Crippen molar-refractivity contribution in [2.75, 3.05) is 7.11 Å². The van der Waals surface area contributed by atoms with Gasteiger partial charge in [-0.25, -0.2) is 0 Å². The minimum absolute atomic E-state index is 0.287. The van der Waals surface area contributed by atoms with Crippen molar-refractivity contribution in [2.24, 2.45) is 5.41 Å². The van der Waals surface area contributed by atoms with Gasteiger partial charge in [0.15, 0.2) is 0 Å². The van der Waals surface area contributed by atoms with Gasteiger partial charge in [-0.2, -0.15) is 0 Å². The molecule has 3 heteroatoms. The molecule has 0 saturated heterocycles. The molecule has 1 rings (SSSR count).